The van der Waals surface area contributed by atoms with E-state index in [0.717, 1.165) is 77.0 Å². The smallest absolute Gasteiger partial charge is 0.220 e. The van der Waals surface area contributed by atoms with E-state index in [1.54, 1.807) is 6.08 Å². The summed E-state index contributed by atoms with van der Waals surface area (Å²) < 4.78 is 22.5. The first-order chi connectivity index (χ1) is 26.6. The Bertz CT molecular complexity index is 1120. The van der Waals surface area contributed by atoms with Gasteiger partial charge < -0.3 is 65.1 Å². The summed E-state index contributed by atoms with van der Waals surface area (Å²) in [6, 6.07) is -0.937. The van der Waals surface area contributed by atoms with E-state index in [0.29, 0.717) is 12.8 Å². The number of carbonyl (C=O) groups is 1. The highest BCUT2D eigenvalue weighted by atomic mass is 16.7. The van der Waals surface area contributed by atoms with Crippen molar-refractivity contribution in [1.82, 2.24) is 5.32 Å². The van der Waals surface area contributed by atoms with Crippen molar-refractivity contribution >= 4 is 5.91 Å². The van der Waals surface area contributed by atoms with Crippen LogP contribution in [0.1, 0.15) is 110 Å². The number of aliphatic hydroxyl groups excluding tert-OH is 8. The second-order valence-electron chi connectivity index (χ2n) is 14.4. The van der Waals surface area contributed by atoms with Crippen LogP contribution in [0, 0.1) is 0 Å². The Morgan fingerprint density at radius 3 is 1.78 bits per heavy atom. The second-order valence-corrected chi connectivity index (χ2v) is 14.4. The molecular weight excluding hydrogens is 714 g/mol. The Labute approximate surface area is 327 Å². The van der Waals surface area contributed by atoms with Crippen LogP contribution in [0.2, 0.25) is 0 Å². The molecule has 12 unspecified atom stereocenters. The minimum Gasteiger partial charge on any atom is -0.394 e. The SMILES string of the molecule is CCC/C=C\CCCCCCCC(=O)NC(COC1OC(CO)C(OC2OC(CO)C(O)C(O)C2O)C(O)C1O)C(O)/C=C/CC/C=C/CC/C=C/CCC. The monoisotopic (exact) mass is 785 g/mol. The van der Waals surface area contributed by atoms with Gasteiger partial charge in [0.15, 0.2) is 12.6 Å². The maximum absolute atomic E-state index is 13.0. The van der Waals surface area contributed by atoms with E-state index >= 15 is 0 Å². The molecule has 1 amide bonds. The van der Waals surface area contributed by atoms with Gasteiger partial charge in [0.05, 0.1) is 32.0 Å². The molecule has 2 rings (SSSR count). The van der Waals surface area contributed by atoms with Crippen molar-refractivity contribution in [2.45, 2.75) is 184 Å². The number of ether oxygens (including phenoxy) is 4. The Morgan fingerprint density at radius 2 is 1.16 bits per heavy atom. The van der Waals surface area contributed by atoms with Gasteiger partial charge in [0, 0.05) is 6.42 Å². The van der Waals surface area contributed by atoms with Crippen LogP contribution in [0.4, 0.5) is 0 Å². The summed E-state index contributed by atoms with van der Waals surface area (Å²) in [4.78, 5) is 13.0. The van der Waals surface area contributed by atoms with Gasteiger partial charge in [-0.2, -0.15) is 0 Å². The summed E-state index contributed by atoms with van der Waals surface area (Å²) in [5, 5.41) is 86.0. The van der Waals surface area contributed by atoms with Crippen LogP contribution in [-0.2, 0) is 23.7 Å². The summed E-state index contributed by atoms with van der Waals surface area (Å²) in [5.74, 6) is -0.272. The zero-order valence-electron chi connectivity index (χ0n) is 32.9. The van der Waals surface area contributed by atoms with Crippen molar-refractivity contribution in [2.75, 3.05) is 19.8 Å². The average molecular weight is 786 g/mol. The first-order valence-corrected chi connectivity index (χ1v) is 20.4. The minimum atomic E-state index is -1.79. The first-order valence-electron chi connectivity index (χ1n) is 20.4. The molecule has 14 heteroatoms. The summed E-state index contributed by atoms with van der Waals surface area (Å²) in [5.41, 5.74) is 0. The highest BCUT2D eigenvalue weighted by Gasteiger charge is 2.50. The van der Waals surface area contributed by atoms with Crippen LogP contribution < -0.4 is 5.32 Å². The molecule has 2 saturated heterocycles. The Kier molecular flexibility index (Phi) is 26.1. The zero-order chi connectivity index (χ0) is 40.4. The number of carbonyl (C=O) groups excluding carboxylic acids is 1. The molecule has 0 bridgehead atoms. The molecule has 2 heterocycles. The highest BCUT2D eigenvalue weighted by molar-refractivity contribution is 5.76. The van der Waals surface area contributed by atoms with Crippen LogP contribution in [0.25, 0.3) is 0 Å². The van der Waals surface area contributed by atoms with E-state index in [1.807, 2.05) is 6.08 Å². The number of allylic oxidation sites excluding steroid dienone is 7. The molecule has 2 aliphatic heterocycles. The minimum absolute atomic E-state index is 0.257. The predicted octanol–water partition coefficient (Wildman–Crippen LogP) is 2.59. The van der Waals surface area contributed by atoms with E-state index in [-0.39, 0.29) is 18.9 Å². The first kappa shape index (κ1) is 49.1. The number of aliphatic hydroxyl groups is 8. The van der Waals surface area contributed by atoms with E-state index in [2.05, 4.69) is 55.6 Å². The fourth-order valence-corrected chi connectivity index (χ4v) is 6.27. The molecule has 2 aliphatic rings. The van der Waals surface area contributed by atoms with Crippen LogP contribution in [-0.4, -0.2) is 140 Å². The topological polar surface area (TPSA) is 228 Å². The lowest BCUT2D eigenvalue weighted by Gasteiger charge is -2.46. The molecule has 0 spiro atoms. The van der Waals surface area contributed by atoms with Crippen molar-refractivity contribution in [3.63, 3.8) is 0 Å². The van der Waals surface area contributed by atoms with Gasteiger partial charge in [-0.05, 0) is 57.8 Å². The second kappa shape index (κ2) is 29.2. The molecule has 0 aliphatic carbocycles. The summed E-state index contributed by atoms with van der Waals surface area (Å²) in [6.07, 6.45) is 13.3. The highest BCUT2D eigenvalue weighted by Crippen LogP contribution is 2.29. The molecule has 12 atom stereocenters. The van der Waals surface area contributed by atoms with Gasteiger partial charge in [0.1, 0.15) is 48.8 Å². The van der Waals surface area contributed by atoms with E-state index in [9.17, 15) is 45.6 Å². The van der Waals surface area contributed by atoms with E-state index < -0.39 is 86.8 Å². The van der Waals surface area contributed by atoms with Gasteiger partial charge in [-0.25, -0.2) is 0 Å². The Balaban J connectivity index is 1.98. The number of hydrogen-bond acceptors (Lipinski definition) is 13. The van der Waals surface area contributed by atoms with Crippen molar-refractivity contribution in [1.29, 1.82) is 0 Å². The van der Waals surface area contributed by atoms with Gasteiger partial charge in [0.2, 0.25) is 5.91 Å². The van der Waals surface area contributed by atoms with Crippen molar-refractivity contribution < 1.29 is 64.6 Å². The van der Waals surface area contributed by atoms with Crippen molar-refractivity contribution in [2.24, 2.45) is 0 Å². The molecule has 0 saturated carbocycles. The van der Waals surface area contributed by atoms with Crippen LogP contribution >= 0.6 is 0 Å². The normalized spacial score (nSPS) is 30.2. The van der Waals surface area contributed by atoms with E-state index in [4.69, 9.17) is 18.9 Å². The number of rotatable bonds is 28. The fraction of sp³-hybridized carbons (Fsp3) is 0.780. The van der Waals surface area contributed by atoms with Crippen LogP contribution in [0.3, 0.4) is 0 Å². The predicted molar refractivity (Wildman–Crippen MR) is 207 cm³/mol. The van der Waals surface area contributed by atoms with Crippen LogP contribution in [0.15, 0.2) is 48.6 Å². The molecule has 0 aromatic carbocycles. The standard InChI is InChI=1S/C41H71NO13/c1-3-5-7-9-11-13-15-16-18-20-22-24-30(45)29(42-33(46)25-23-21-19-17-14-12-10-8-6-4-2)28-52-40-38(51)36(49)39(32(27-44)54-40)55-41-37(50)35(48)34(47)31(26-43)53-41/h7-10,15-16,22,24,29-32,34-41,43-45,47-51H,3-6,11-14,17-21,23,25-28H2,1-2H3,(H,42,46)/b9-7+,10-8-,16-15+,24-22+. The van der Waals surface area contributed by atoms with Gasteiger partial charge >= 0.3 is 0 Å². The maximum atomic E-state index is 13.0. The number of nitrogens with one attached hydrogen (secondary N) is 1. The van der Waals surface area contributed by atoms with Gasteiger partial charge in [-0.1, -0.05) is 94.6 Å². The van der Waals surface area contributed by atoms with Gasteiger partial charge in [-0.3, -0.25) is 4.79 Å². The largest absolute Gasteiger partial charge is 0.394 e. The molecule has 2 fully saturated rings. The average Bonchev–Trinajstić information content (AvgIpc) is 3.18. The van der Waals surface area contributed by atoms with Crippen molar-refractivity contribution in [3.8, 4) is 0 Å². The third-order valence-electron chi connectivity index (χ3n) is 9.68. The number of amides is 1. The third kappa shape index (κ3) is 18.4. The third-order valence-corrected chi connectivity index (χ3v) is 9.68. The molecule has 0 aromatic heterocycles. The molecule has 55 heavy (non-hydrogen) atoms. The fourth-order valence-electron chi connectivity index (χ4n) is 6.27. The molecule has 0 radical (unpaired) electrons. The number of hydrogen-bond donors (Lipinski definition) is 9. The molecule has 318 valence electrons. The molecular formula is C41H71NO13. The van der Waals surface area contributed by atoms with E-state index in [1.165, 1.54) is 0 Å². The number of unbranched alkanes of at least 4 members (excludes halogenated alkanes) is 9. The molecule has 0 aromatic rings. The lowest BCUT2D eigenvalue weighted by molar-refractivity contribution is -0.359. The van der Waals surface area contributed by atoms with Gasteiger partial charge in [0.25, 0.3) is 0 Å². The lowest BCUT2D eigenvalue weighted by Crippen LogP contribution is -2.65. The Hall–Kier alpha value is -2.05. The Morgan fingerprint density at radius 1 is 0.636 bits per heavy atom. The lowest BCUT2D eigenvalue weighted by atomic mass is 9.97. The summed E-state index contributed by atoms with van der Waals surface area (Å²) in [6.45, 7) is 2.55. The molecule has 14 nitrogen and oxygen atoms in total. The van der Waals surface area contributed by atoms with Gasteiger partial charge in [-0.15, -0.1) is 0 Å². The maximum Gasteiger partial charge on any atom is 0.220 e. The van der Waals surface area contributed by atoms with Crippen molar-refractivity contribution in [3.05, 3.63) is 48.6 Å². The van der Waals surface area contributed by atoms with Crippen LogP contribution in [0.5, 0.6) is 0 Å². The summed E-state index contributed by atoms with van der Waals surface area (Å²) in [7, 11) is 0. The quantitative estimate of drug-likeness (QED) is 0.0411. The zero-order valence-corrected chi connectivity index (χ0v) is 32.9. The summed E-state index contributed by atoms with van der Waals surface area (Å²) >= 11 is 0. The molecule has 9 N–H and O–H groups in total.